The number of likely N-dealkylation sites (N-methyl/N-ethyl adjacent to an activating group) is 1. The van der Waals surface area contributed by atoms with E-state index in [0.717, 1.165) is 37.3 Å². The highest BCUT2D eigenvalue weighted by Gasteiger charge is 2.36. The summed E-state index contributed by atoms with van der Waals surface area (Å²) < 4.78 is 6.33. The molecule has 1 aromatic carbocycles. The summed E-state index contributed by atoms with van der Waals surface area (Å²) in [6, 6.07) is 9.78. The van der Waals surface area contributed by atoms with Gasteiger partial charge in [0.15, 0.2) is 0 Å². The molecule has 2 aliphatic carbocycles. The molecule has 8 nitrogen and oxygen atoms in total. The van der Waals surface area contributed by atoms with Crippen molar-refractivity contribution < 1.29 is 9.53 Å². The second-order valence-corrected chi connectivity index (χ2v) is 12.4. The maximum absolute atomic E-state index is 12.5. The van der Waals surface area contributed by atoms with Gasteiger partial charge >= 0.3 is 6.01 Å². The van der Waals surface area contributed by atoms with Gasteiger partial charge in [0.1, 0.15) is 12.4 Å². The van der Waals surface area contributed by atoms with Gasteiger partial charge in [-0.25, -0.2) is 0 Å². The van der Waals surface area contributed by atoms with E-state index in [1.807, 2.05) is 0 Å². The molecule has 1 aromatic heterocycles. The fourth-order valence-corrected chi connectivity index (χ4v) is 7.58. The van der Waals surface area contributed by atoms with E-state index in [1.165, 1.54) is 48.4 Å². The van der Waals surface area contributed by atoms with Crippen LogP contribution in [0.5, 0.6) is 6.01 Å². The van der Waals surface area contributed by atoms with Crippen molar-refractivity contribution in [2.45, 2.75) is 76.3 Å². The lowest BCUT2D eigenvalue weighted by Gasteiger charge is -2.42. The first-order chi connectivity index (χ1) is 20.0. The number of benzene rings is 1. The van der Waals surface area contributed by atoms with Crippen molar-refractivity contribution in [3.05, 3.63) is 58.8 Å². The summed E-state index contributed by atoms with van der Waals surface area (Å²) >= 11 is 0. The number of carbonyl (C=O) groups is 1. The van der Waals surface area contributed by atoms with E-state index in [1.54, 1.807) is 10.5 Å². The van der Waals surface area contributed by atoms with E-state index in [2.05, 4.69) is 54.6 Å². The van der Waals surface area contributed by atoms with E-state index in [4.69, 9.17) is 14.7 Å². The van der Waals surface area contributed by atoms with Crippen LogP contribution in [0.25, 0.3) is 0 Å². The Kier molecular flexibility index (Phi) is 7.99. The smallest absolute Gasteiger partial charge is 0.318 e. The van der Waals surface area contributed by atoms with Crippen LogP contribution in [0.3, 0.4) is 0 Å². The lowest BCUT2D eigenvalue weighted by Crippen LogP contribution is -2.55. The Hall–Kier alpha value is -3.44. The Labute approximate surface area is 244 Å². The summed E-state index contributed by atoms with van der Waals surface area (Å²) in [5.41, 5.74) is 6.86. The number of rotatable bonds is 7. The van der Waals surface area contributed by atoms with Crippen LogP contribution in [-0.4, -0.2) is 77.6 Å². The molecule has 4 atom stereocenters. The number of piperazine rings is 1. The van der Waals surface area contributed by atoms with Gasteiger partial charge in [-0.05, 0) is 93.1 Å². The predicted molar refractivity (Wildman–Crippen MR) is 159 cm³/mol. The van der Waals surface area contributed by atoms with Crippen molar-refractivity contribution in [3.63, 3.8) is 0 Å². The van der Waals surface area contributed by atoms with E-state index in [9.17, 15) is 10.1 Å². The molecule has 0 saturated carbocycles. The monoisotopic (exact) mass is 554 g/mol. The molecule has 0 spiro atoms. The fourth-order valence-electron chi connectivity index (χ4n) is 7.58. The number of nitrogens with zero attached hydrogens (tertiary/aromatic N) is 6. The quantitative estimate of drug-likeness (QED) is 0.477. The number of nitriles is 1. The topological polar surface area (TPSA) is 85.6 Å². The number of carbonyl (C=O) groups excluding carboxylic acids is 1. The van der Waals surface area contributed by atoms with Gasteiger partial charge in [0.2, 0.25) is 5.91 Å². The number of anilines is 1. The van der Waals surface area contributed by atoms with Gasteiger partial charge in [0, 0.05) is 31.2 Å². The van der Waals surface area contributed by atoms with Gasteiger partial charge in [-0.3, -0.25) is 4.79 Å². The number of hydrogen-bond donors (Lipinski definition) is 0. The first-order valence-electron chi connectivity index (χ1n) is 15.3. The number of aryl methyl sites for hydroxylation is 1. The zero-order chi connectivity index (χ0) is 28.5. The summed E-state index contributed by atoms with van der Waals surface area (Å²) in [7, 11) is 2.16. The second kappa shape index (κ2) is 11.8. The van der Waals surface area contributed by atoms with Gasteiger partial charge in [-0.2, -0.15) is 15.2 Å². The molecule has 0 N–H and O–H groups in total. The van der Waals surface area contributed by atoms with Crippen molar-refractivity contribution in [3.8, 4) is 12.1 Å². The van der Waals surface area contributed by atoms with Crippen LogP contribution in [0, 0.1) is 17.2 Å². The van der Waals surface area contributed by atoms with Gasteiger partial charge in [0.05, 0.1) is 24.2 Å². The summed E-state index contributed by atoms with van der Waals surface area (Å²) in [4.78, 5) is 29.0. The van der Waals surface area contributed by atoms with Crippen LogP contribution in [0.2, 0.25) is 0 Å². The Morgan fingerprint density at radius 1 is 1.15 bits per heavy atom. The minimum atomic E-state index is -0.206. The first kappa shape index (κ1) is 27.7. The largest absolute Gasteiger partial charge is 0.462 e. The molecule has 8 heteroatoms. The molecule has 6 rings (SSSR count). The highest BCUT2D eigenvalue weighted by Crippen LogP contribution is 2.43. The van der Waals surface area contributed by atoms with Gasteiger partial charge in [-0.15, -0.1) is 0 Å². The van der Waals surface area contributed by atoms with Crippen molar-refractivity contribution in [2.75, 3.05) is 44.7 Å². The Bertz CT molecular complexity index is 1350. The zero-order valence-corrected chi connectivity index (χ0v) is 24.5. The lowest BCUT2D eigenvalue weighted by molar-refractivity contribution is -0.128. The number of ether oxygens (including phenoxy) is 1. The number of hydrogen-bond acceptors (Lipinski definition) is 7. The number of aromatic nitrogens is 2. The molecule has 0 bridgehead atoms. The van der Waals surface area contributed by atoms with Gasteiger partial charge < -0.3 is 19.4 Å². The normalized spacial score (nSPS) is 25.9. The third-order valence-electron chi connectivity index (χ3n) is 9.90. The molecule has 2 aliphatic heterocycles. The van der Waals surface area contributed by atoms with Crippen LogP contribution < -0.4 is 9.64 Å². The van der Waals surface area contributed by atoms with Crippen LogP contribution in [0.4, 0.5) is 5.82 Å². The summed E-state index contributed by atoms with van der Waals surface area (Å²) in [5, 5.41) is 9.54. The Morgan fingerprint density at radius 3 is 2.80 bits per heavy atom. The van der Waals surface area contributed by atoms with Crippen LogP contribution >= 0.6 is 0 Å². The highest BCUT2D eigenvalue weighted by atomic mass is 16.5. The van der Waals surface area contributed by atoms with Crippen molar-refractivity contribution >= 4 is 11.7 Å². The average molecular weight is 555 g/mol. The maximum atomic E-state index is 12.5. The zero-order valence-electron chi connectivity index (χ0n) is 24.5. The molecule has 0 radical (unpaired) electrons. The maximum Gasteiger partial charge on any atom is 0.318 e. The third kappa shape index (κ3) is 5.44. The summed E-state index contributed by atoms with van der Waals surface area (Å²) in [6.45, 7) is 9.46. The molecule has 216 valence electrons. The molecular weight excluding hydrogens is 512 g/mol. The minimum Gasteiger partial charge on any atom is -0.462 e. The molecule has 2 saturated heterocycles. The van der Waals surface area contributed by atoms with Gasteiger partial charge in [-0.1, -0.05) is 31.7 Å². The van der Waals surface area contributed by atoms with E-state index < -0.39 is 0 Å². The summed E-state index contributed by atoms with van der Waals surface area (Å²) in [5.74, 6) is 1.67. The van der Waals surface area contributed by atoms with Gasteiger partial charge in [0.25, 0.3) is 0 Å². The molecular formula is C33H42N6O2. The van der Waals surface area contributed by atoms with E-state index >= 15 is 0 Å². The molecule has 0 unspecified atom stereocenters. The molecule has 1 amide bonds. The number of likely N-dealkylation sites (tertiary alicyclic amines) is 1. The average Bonchev–Trinajstić information content (AvgIpc) is 3.64. The Morgan fingerprint density at radius 2 is 2.02 bits per heavy atom. The molecule has 3 heterocycles. The molecule has 4 aliphatic rings. The van der Waals surface area contributed by atoms with Crippen LogP contribution in [0.1, 0.15) is 66.5 Å². The lowest BCUT2D eigenvalue weighted by atomic mass is 9.73. The van der Waals surface area contributed by atoms with Crippen molar-refractivity contribution in [1.82, 2.24) is 19.8 Å². The standard InChI is InChI=1S/C33H42N6O2/c1-4-31(40)39-17-16-38(20-24(39)13-14-34)32-29-18-22(2)28(27-12-6-9-23-8-5-11-26(23)27)19-30(29)35-33(36-32)41-21-25-10-7-15-37(25)3/h4,6,9,12,22,24-25,28H,1,5,7-8,10-11,13,15-21H2,2-3H3/t22-,24+,25-,28-/m0/s1. The second-order valence-electron chi connectivity index (χ2n) is 12.4. The molecule has 41 heavy (non-hydrogen) atoms. The van der Waals surface area contributed by atoms with Crippen LogP contribution in [0.15, 0.2) is 30.9 Å². The fraction of sp³-hybridized carbons (Fsp3) is 0.576. The van der Waals surface area contributed by atoms with Crippen molar-refractivity contribution in [2.24, 2.45) is 5.92 Å². The minimum absolute atomic E-state index is 0.119. The Balaban J connectivity index is 1.33. The molecule has 2 fully saturated rings. The number of fused-ring (bicyclic) bond motifs is 2. The third-order valence-corrected chi connectivity index (χ3v) is 9.90. The SMILES string of the molecule is C=CC(=O)N1CCN(c2nc(OC[C@@H]3CCCN3C)nc3c2C[C@H](C)[C@@H](c2cccc4c2CCC4)C3)C[C@H]1CC#N. The van der Waals surface area contributed by atoms with Crippen LogP contribution in [-0.2, 0) is 30.5 Å². The molecule has 2 aromatic rings. The number of amides is 1. The van der Waals surface area contributed by atoms with Crippen molar-refractivity contribution in [1.29, 1.82) is 5.26 Å². The van der Waals surface area contributed by atoms with E-state index in [0.29, 0.717) is 50.1 Å². The predicted octanol–water partition coefficient (Wildman–Crippen LogP) is 4.07. The first-order valence-corrected chi connectivity index (χ1v) is 15.3. The van der Waals surface area contributed by atoms with E-state index in [-0.39, 0.29) is 18.4 Å². The summed E-state index contributed by atoms with van der Waals surface area (Å²) in [6.07, 6.45) is 9.32. The highest BCUT2D eigenvalue weighted by molar-refractivity contribution is 5.87.